The van der Waals surface area contributed by atoms with Crippen LogP contribution in [0.3, 0.4) is 0 Å². The molecule has 0 spiro atoms. The molecule has 14 heteroatoms. The van der Waals surface area contributed by atoms with E-state index in [0.717, 1.165) is 23.9 Å². The van der Waals surface area contributed by atoms with Crippen LogP contribution in [0.1, 0.15) is 24.4 Å². The van der Waals surface area contributed by atoms with Gasteiger partial charge in [-0.1, -0.05) is 0 Å². The average Bonchev–Trinajstić information content (AvgIpc) is 3.50. The lowest BCUT2D eigenvalue weighted by molar-refractivity contribution is -0.129. The monoisotopic (exact) mass is 563 g/mol. The van der Waals surface area contributed by atoms with E-state index in [1.54, 1.807) is 17.8 Å². The molecule has 4 rings (SSSR count). The van der Waals surface area contributed by atoms with Gasteiger partial charge in [-0.2, -0.15) is 9.49 Å². The highest BCUT2D eigenvalue weighted by Gasteiger charge is 2.33. The molecule has 1 aliphatic heterocycles. The van der Waals surface area contributed by atoms with E-state index < -0.39 is 48.3 Å². The number of aliphatic hydroxyl groups is 2. The number of aromatic nitrogens is 3. The van der Waals surface area contributed by atoms with Crippen molar-refractivity contribution in [2.45, 2.75) is 45.2 Å². The summed E-state index contributed by atoms with van der Waals surface area (Å²) in [4.78, 5) is 18.7. The van der Waals surface area contributed by atoms with Gasteiger partial charge in [-0.25, -0.2) is 13.8 Å². The molecular formula is C26H32F3N7O4. The summed E-state index contributed by atoms with van der Waals surface area (Å²) in [5, 5.41) is 30.3. The number of benzene rings is 1. The Labute approximate surface area is 229 Å². The maximum atomic E-state index is 14.8. The number of nitrogens with zero attached hydrogens (tertiary/aromatic N) is 5. The van der Waals surface area contributed by atoms with E-state index in [-0.39, 0.29) is 31.0 Å². The van der Waals surface area contributed by atoms with Gasteiger partial charge in [-0.05, 0) is 51.2 Å². The summed E-state index contributed by atoms with van der Waals surface area (Å²) in [7, 11) is 1.52. The number of rotatable bonds is 11. The summed E-state index contributed by atoms with van der Waals surface area (Å²) >= 11 is 0. The van der Waals surface area contributed by atoms with E-state index in [9.17, 15) is 28.2 Å². The number of aryl methyl sites for hydroxylation is 1. The number of carbonyl (C=O) groups is 1. The second-order valence-corrected chi connectivity index (χ2v) is 9.55. The number of pyridine rings is 1. The highest BCUT2D eigenvalue weighted by molar-refractivity contribution is 5.81. The molecule has 1 amide bonds. The highest BCUT2D eigenvalue weighted by atomic mass is 19.1. The van der Waals surface area contributed by atoms with Crippen LogP contribution in [0.25, 0.3) is 0 Å². The fraction of sp³-hybridized carbons (Fsp3) is 0.423. The molecule has 0 aliphatic carbocycles. The number of aliphatic hydroxyl groups excluding tert-OH is 2. The van der Waals surface area contributed by atoms with E-state index in [4.69, 9.17) is 4.74 Å². The molecule has 0 bridgehead atoms. The maximum absolute atomic E-state index is 14.8. The molecule has 40 heavy (non-hydrogen) atoms. The zero-order valence-electron chi connectivity index (χ0n) is 22.3. The molecule has 0 saturated carbocycles. The fourth-order valence-corrected chi connectivity index (χ4v) is 4.29. The van der Waals surface area contributed by atoms with Gasteiger partial charge in [0.1, 0.15) is 11.9 Å². The molecule has 2 unspecified atom stereocenters. The lowest BCUT2D eigenvalue weighted by atomic mass is 10.2. The number of hydrogen-bond acceptors (Lipinski definition) is 9. The summed E-state index contributed by atoms with van der Waals surface area (Å²) in [6.45, 7) is 4.05. The minimum atomic E-state index is -1.37. The molecule has 1 aromatic carbocycles. The van der Waals surface area contributed by atoms with Crippen LogP contribution in [0.2, 0.25) is 0 Å². The van der Waals surface area contributed by atoms with Gasteiger partial charge in [0.15, 0.2) is 11.6 Å². The van der Waals surface area contributed by atoms with Crippen LogP contribution in [0.5, 0.6) is 0 Å². The number of amides is 1. The second-order valence-electron chi connectivity index (χ2n) is 9.55. The number of anilines is 2. The number of halogens is 3. The van der Waals surface area contributed by atoms with Crippen LogP contribution in [0, 0.1) is 24.5 Å². The van der Waals surface area contributed by atoms with Gasteiger partial charge < -0.3 is 30.5 Å². The van der Waals surface area contributed by atoms with Crippen molar-refractivity contribution < 1.29 is 32.9 Å². The fourth-order valence-electron chi connectivity index (χ4n) is 4.29. The van der Waals surface area contributed by atoms with Gasteiger partial charge in [0.25, 0.3) is 0 Å². The van der Waals surface area contributed by atoms with Crippen molar-refractivity contribution in [2.24, 2.45) is 0 Å². The largest absolute Gasteiger partial charge is 0.379 e. The SMILES string of the molecule is Cc1ccn(C[C@H]2CN(c3cc(F)c(NCCNC(=O)[C@@H](C)N(C)C(O)c4ccc(F)nc4)c(F)c3)C(O)O2)n1. The highest BCUT2D eigenvalue weighted by Crippen LogP contribution is 2.30. The Kier molecular flexibility index (Phi) is 9.25. The zero-order valence-corrected chi connectivity index (χ0v) is 22.3. The first-order valence-electron chi connectivity index (χ1n) is 12.7. The topological polar surface area (TPSA) is 128 Å². The lowest BCUT2D eigenvalue weighted by Crippen LogP contribution is -2.45. The number of nitrogens with one attached hydrogen (secondary N) is 2. The third-order valence-corrected chi connectivity index (χ3v) is 6.65. The number of carbonyl (C=O) groups excluding carboxylic acids is 1. The smallest absolute Gasteiger partial charge is 0.238 e. The third kappa shape index (κ3) is 6.88. The molecule has 216 valence electrons. The molecule has 4 N–H and O–H groups in total. The Bertz CT molecular complexity index is 1290. The van der Waals surface area contributed by atoms with Crippen molar-refractivity contribution in [1.29, 1.82) is 0 Å². The minimum absolute atomic E-state index is 0.0145. The number of hydrogen-bond donors (Lipinski definition) is 4. The molecule has 2 aromatic heterocycles. The van der Waals surface area contributed by atoms with Gasteiger partial charge in [-0.3, -0.25) is 14.4 Å². The summed E-state index contributed by atoms with van der Waals surface area (Å²) < 4.78 is 49.9. The van der Waals surface area contributed by atoms with Crippen molar-refractivity contribution in [1.82, 2.24) is 25.0 Å². The lowest BCUT2D eigenvalue weighted by Gasteiger charge is -2.28. The van der Waals surface area contributed by atoms with E-state index in [1.165, 1.54) is 29.1 Å². The van der Waals surface area contributed by atoms with Crippen LogP contribution in [0.15, 0.2) is 42.7 Å². The predicted molar refractivity (Wildman–Crippen MR) is 139 cm³/mol. The summed E-state index contributed by atoms with van der Waals surface area (Å²) in [6.07, 6.45) is -0.0383. The first kappa shape index (κ1) is 29.3. The van der Waals surface area contributed by atoms with Crippen molar-refractivity contribution >= 4 is 17.3 Å². The Balaban J connectivity index is 1.27. The number of ether oxygens (including phenoxy) is 1. The quantitative estimate of drug-likeness (QED) is 0.157. The van der Waals surface area contributed by atoms with Gasteiger partial charge >= 0.3 is 0 Å². The first-order valence-corrected chi connectivity index (χ1v) is 12.7. The van der Waals surface area contributed by atoms with Gasteiger partial charge in [0.05, 0.1) is 30.9 Å². The molecular weight excluding hydrogens is 531 g/mol. The van der Waals surface area contributed by atoms with Crippen LogP contribution in [-0.4, -0.2) is 81.0 Å². The molecule has 3 heterocycles. The molecule has 11 nitrogen and oxygen atoms in total. The van der Waals surface area contributed by atoms with Crippen LogP contribution in [0.4, 0.5) is 24.5 Å². The van der Waals surface area contributed by atoms with Crippen molar-refractivity contribution in [3.8, 4) is 0 Å². The third-order valence-electron chi connectivity index (χ3n) is 6.65. The second kappa shape index (κ2) is 12.6. The van der Waals surface area contributed by atoms with Crippen molar-refractivity contribution in [2.75, 3.05) is 36.9 Å². The Morgan fingerprint density at radius 3 is 2.58 bits per heavy atom. The van der Waals surface area contributed by atoms with Crippen LogP contribution < -0.4 is 15.5 Å². The van der Waals surface area contributed by atoms with E-state index >= 15 is 0 Å². The molecule has 0 radical (unpaired) electrons. The van der Waals surface area contributed by atoms with Crippen molar-refractivity contribution in [3.63, 3.8) is 0 Å². The zero-order chi connectivity index (χ0) is 29.0. The average molecular weight is 564 g/mol. The van der Waals surface area contributed by atoms with E-state index in [1.807, 2.05) is 13.0 Å². The minimum Gasteiger partial charge on any atom is -0.379 e. The summed E-state index contributed by atoms with van der Waals surface area (Å²) in [5.41, 5.74) is 0.895. The predicted octanol–water partition coefficient (Wildman–Crippen LogP) is 1.72. The molecule has 1 saturated heterocycles. The Morgan fingerprint density at radius 2 is 1.95 bits per heavy atom. The van der Waals surface area contributed by atoms with Gasteiger partial charge in [-0.15, -0.1) is 0 Å². The van der Waals surface area contributed by atoms with E-state index in [0.29, 0.717) is 12.1 Å². The first-order chi connectivity index (χ1) is 19.0. The standard InChI is InChI=1S/C26H32F3N7O4/c1-15-6-9-35(33-15)13-19-14-36(26(39)40-19)18-10-20(27)23(21(28)11-18)30-7-8-31-24(37)16(2)34(3)25(38)17-4-5-22(29)32-12-17/h4-6,9-12,16,19,25-26,30,38-39H,7-8,13-14H2,1-3H3,(H,31,37)/t16-,19+,25?,26?/m1/s1. The van der Waals surface area contributed by atoms with E-state index in [2.05, 4.69) is 20.7 Å². The molecule has 1 aliphatic rings. The Morgan fingerprint density at radius 1 is 1.23 bits per heavy atom. The maximum Gasteiger partial charge on any atom is 0.238 e. The van der Waals surface area contributed by atoms with Crippen molar-refractivity contribution in [3.05, 3.63) is 71.6 Å². The summed E-state index contributed by atoms with van der Waals surface area (Å²) in [6, 6.07) is 5.73. The summed E-state index contributed by atoms with van der Waals surface area (Å²) in [5.74, 6) is -2.86. The van der Waals surface area contributed by atoms with Crippen LogP contribution >= 0.6 is 0 Å². The van der Waals surface area contributed by atoms with Crippen LogP contribution in [-0.2, 0) is 16.1 Å². The van der Waals surface area contributed by atoms with Gasteiger partial charge in [0.2, 0.25) is 18.3 Å². The van der Waals surface area contributed by atoms with Gasteiger partial charge in [0, 0.05) is 36.7 Å². The Hall–Kier alpha value is -3.72. The number of likely N-dealkylation sites (N-methyl/N-ethyl adjacent to an activating group) is 1. The molecule has 3 aromatic rings. The molecule has 4 atom stereocenters. The normalized spacial score (nSPS) is 18.7. The molecule has 1 fully saturated rings.